The van der Waals surface area contributed by atoms with Crippen molar-refractivity contribution in [1.82, 2.24) is 9.88 Å². The van der Waals surface area contributed by atoms with E-state index in [0.29, 0.717) is 18.0 Å². The molecular weight excluding hydrogens is 370 g/mol. The van der Waals surface area contributed by atoms with Gasteiger partial charge in [-0.1, -0.05) is 54.6 Å². The van der Waals surface area contributed by atoms with Crippen molar-refractivity contribution in [3.63, 3.8) is 0 Å². The molecule has 30 heavy (non-hydrogen) atoms. The third-order valence-corrected chi connectivity index (χ3v) is 6.03. The van der Waals surface area contributed by atoms with Gasteiger partial charge in [0.05, 0.1) is 5.56 Å². The average Bonchev–Trinajstić information content (AvgIpc) is 2.83. The van der Waals surface area contributed by atoms with Gasteiger partial charge in [0.1, 0.15) is 0 Å². The maximum Gasteiger partial charge on any atom is 0.255 e. The van der Waals surface area contributed by atoms with Crippen molar-refractivity contribution in [2.24, 2.45) is 5.73 Å². The number of piperidine rings is 1. The molecule has 1 fully saturated rings. The third kappa shape index (κ3) is 4.95. The minimum absolute atomic E-state index is 0.0956. The Labute approximate surface area is 178 Å². The molecule has 4 nitrogen and oxygen atoms in total. The van der Waals surface area contributed by atoms with E-state index in [4.69, 9.17) is 5.73 Å². The smallest absolute Gasteiger partial charge is 0.255 e. The van der Waals surface area contributed by atoms with Crippen LogP contribution in [0.15, 0.2) is 73.1 Å². The van der Waals surface area contributed by atoms with Crippen LogP contribution < -0.4 is 5.73 Å². The normalized spacial score (nSPS) is 14.6. The number of carbonyl (C=O) groups is 1. The van der Waals surface area contributed by atoms with Gasteiger partial charge in [0.25, 0.3) is 5.91 Å². The molecule has 0 saturated carbocycles. The second kappa shape index (κ2) is 9.68. The van der Waals surface area contributed by atoms with Crippen molar-refractivity contribution in [1.29, 1.82) is 0 Å². The molecular formula is C26H29N3O. The molecule has 1 aromatic heterocycles. The average molecular weight is 400 g/mol. The van der Waals surface area contributed by atoms with Gasteiger partial charge in [0.2, 0.25) is 0 Å². The molecule has 4 rings (SSSR count). The molecule has 2 heterocycles. The van der Waals surface area contributed by atoms with E-state index in [1.165, 1.54) is 16.7 Å². The first-order valence-corrected chi connectivity index (χ1v) is 10.8. The van der Waals surface area contributed by atoms with Crippen molar-refractivity contribution < 1.29 is 4.79 Å². The zero-order valence-corrected chi connectivity index (χ0v) is 17.3. The number of nitrogens with two attached hydrogens (primary N) is 1. The van der Waals surface area contributed by atoms with Gasteiger partial charge in [0, 0.05) is 32.0 Å². The van der Waals surface area contributed by atoms with Gasteiger partial charge in [-0.05, 0) is 59.9 Å². The highest BCUT2D eigenvalue weighted by atomic mass is 16.2. The predicted octanol–water partition coefficient (Wildman–Crippen LogP) is 4.35. The second-order valence-electron chi connectivity index (χ2n) is 8.08. The zero-order valence-electron chi connectivity index (χ0n) is 17.3. The number of amides is 1. The number of aromatic nitrogens is 1. The van der Waals surface area contributed by atoms with Gasteiger partial charge in [-0.2, -0.15) is 0 Å². The lowest BCUT2D eigenvalue weighted by atomic mass is 9.88. The molecule has 0 atom stereocenters. The summed E-state index contributed by atoms with van der Waals surface area (Å²) < 4.78 is 0. The first kappa shape index (κ1) is 20.3. The summed E-state index contributed by atoms with van der Waals surface area (Å²) in [4.78, 5) is 19.3. The van der Waals surface area contributed by atoms with Gasteiger partial charge in [0.15, 0.2) is 0 Å². The van der Waals surface area contributed by atoms with E-state index >= 15 is 0 Å². The van der Waals surface area contributed by atoms with Crippen molar-refractivity contribution in [2.45, 2.75) is 38.1 Å². The molecule has 0 bridgehead atoms. The van der Waals surface area contributed by atoms with Gasteiger partial charge in [-0.3, -0.25) is 9.78 Å². The summed E-state index contributed by atoms with van der Waals surface area (Å²) in [6.07, 6.45) is 7.38. The highest BCUT2D eigenvalue weighted by Crippen LogP contribution is 2.29. The molecule has 1 aliphatic heterocycles. The molecule has 0 aliphatic carbocycles. The summed E-state index contributed by atoms with van der Waals surface area (Å²) in [6.45, 7) is 2.13. The van der Waals surface area contributed by atoms with Crippen LogP contribution in [0.25, 0.3) is 0 Å². The van der Waals surface area contributed by atoms with Crippen molar-refractivity contribution in [2.75, 3.05) is 13.1 Å². The number of nitrogens with zero attached hydrogens (tertiary/aromatic N) is 2. The van der Waals surface area contributed by atoms with Crippen LogP contribution in [-0.2, 0) is 19.4 Å². The van der Waals surface area contributed by atoms with Crippen LogP contribution in [0.5, 0.6) is 0 Å². The summed E-state index contributed by atoms with van der Waals surface area (Å²) in [6, 6.07) is 21.0. The number of carbonyl (C=O) groups excluding carboxylic acids is 1. The Kier molecular flexibility index (Phi) is 6.55. The van der Waals surface area contributed by atoms with E-state index in [9.17, 15) is 4.79 Å². The second-order valence-corrected chi connectivity index (χ2v) is 8.08. The minimum atomic E-state index is 0.0956. The van der Waals surface area contributed by atoms with Gasteiger partial charge in [-0.25, -0.2) is 0 Å². The fourth-order valence-corrected chi connectivity index (χ4v) is 4.25. The lowest BCUT2D eigenvalue weighted by Gasteiger charge is -2.32. The predicted molar refractivity (Wildman–Crippen MR) is 120 cm³/mol. The molecule has 0 unspecified atom stereocenters. The van der Waals surface area contributed by atoms with Crippen LogP contribution >= 0.6 is 0 Å². The maximum absolute atomic E-state index is 13.0. The number of pyridine rings is 1. The third-order valence-electron chi connectivity index (χ3n) is 6.03. The number of benzene rings is 2. The molecule has 1 saturated heterocycles. The lowest BCUT2D eigenvalue weighted by Crippen LogP contribution is -2.38. The Bertz CT molecular complexity index is 978. The summed E-state index contributed by atoms with van der Waals surface area (Å²) in [7, 11) is 0. The van der Waals surface area contributed by atoms with Crippen molar-refractivity contribution in [3.8, 4) is 0 Å². The largest absolute Gasteiger partial charge is 0.339 e. The van der Waals surface area contributed by atoms with E-state index in [0.717, 1.165) is 44.3 Å². The zero-order chi connectivity index (χ0) is 20.8. The van der Waals surface area contributed by atoms with Crippen LogP contribution in [-0.4, -0.2) is 28.9 Å². The summed E-state index contributed by atoms with van der Waals surface area (Å²) >= 11 is 0. The summed E-state index contributed by atoms with van der Waals surface area (Å²) in [5, 5.41) is 0. The number of hydrogen-bond donors (Lipinski definition) is 1. The Morgan fingerprint density at radius 2 is 1.63 bits per heavy atom. The van der Waals surface area contributed by atoms with Crippen molar-refractivity contribution in [3.05, 3.63) is 101 Å². The molecule has 0 radical (unpaired) electrons. The first-order chi connectivity index (χ1) is 14.7. The highest BCUT2D eigenvalue weighted by molar-refractivity contribution is 5.94. The SMILES string of the molecule is NCc1cccc(C2CCN(C(=O)c3cncc(CCc4ccccc4)c3)CC2)c1. The van der Waals surface area contributed by atoms with Crippen molar-refractivity contribution >= 4 is 5.91 Å². The first-order valence-electron chi connectivity index (χ1n) is 10.8. The lowest BCUT2D eigenvalue weighted by molar-refractivity contribution is 0.0712. The van der Waals surface area contributed by atoms with Crippen LogP contribution in [0.2, 0.25) is 0 Å². The van der Waals surface area contributed by atoms with Crippen LogP contribution in [0.1, 0.15) is 51.4 Å². The Morgan fingerprint density at radius 3 is 2.40 bits per heavy atom. The Morgan fingerprint density at radius 1 is 0.900 bits per heavy atom. The number of hydrogen-bond acceptors (Lipinski definition) is 3. The van der Waals surface area contributed by atoms with Crippen LogP contribution in [0, 0.1) is 0 Å². The molecule has 0 spiro atoms. The quantitative estimate of drug-likeness (QED) is 0.671. The topological polar surface area (TPSA) is 59.2 Å². The number of rotatable bonds is 6. The number of likely N-dealkylation sites (tertiary alicyclic amines) is 1. The van der Waals surface area contributed by atoms with E-state index in [1.54, 1.807) is 6.20 Å². The monoisotopic (exact) mass is 399 g/mol. The molecule has 154 valence electrons. The van der Waals surface area contributed by atoms with Gasteiger partial charge in [-0.15, -0.1) is 0 Å². The molecule has 2 aromatic carbocycles. The Balaban J connectivity index is 1.36. The molecule has 2 N–H and O–H groups in total. The Hall–Kier alpha value is -2.98. The van der Waals surface area contributed by atoms with E-state index in [2.05, 4.69) is 53.5 Å². The molecule has 4 heteroatoms. The van der Waals surface area contributed by atoms with Crippen LogP contribution in [0.3, 0.4) is 0 Å². The maximum atomic E-state index is 13.0. The molecule has 1 aliphatic rings. The molecule has 1 amide bonds. The highest BCUT2D eigenvalue weighted by Gasteiger charge is 2.25. The van der Waals surface area contributed by atoms with Gasteiger partial charge >= 0.3 is 0 Å². The summed E-state index contributed by atoms with van der Waals surface area (Å²) in [5.41, 5.74) is 11.4. The molecule has 3 aromatic rings. The standard InChI is InChI=1S/C26H29N3O/c27-17-21-7-4-8-24(15-21)23-11-13-29(14-12-23)26(30)25-16-22(18-28-19-25)10-9-20-5-2-1-3-6-20/h1-8,15-16,18-19,23H,9-14,17,27H2. The minimum Gasteiger partial charge on any atom is -0.339 e. The van der Waals surface area contributed by atoms with E-state index < -0.39 is 0 Å². The fraction of sp³-hybridized carbons (Fsp3) is 0.308. The van der Waals surface area contributed by atoms with Gasteiger partial charge < -0.3 is 10.6 Å². The summed E-state index contributed by atoms with van der Waals surface area (Å²) in [5.74, 6) is 0.592. The fourth-order valence-electron chi connectivity index (χ4n) is 4.25. The van der Waals surface area contributed by atoms with Crippen LogP contribution in [0.4, 0.5) is 0 Å². The van der Waals surface area contributed by atoms with E-state index in [1.807, 2.05) is 23.2 Å². The number of aryl methyl sites for hydroxylation is 2. The van der Waals surface area contributed by atoms with E-state index in [-0.39, 0.29) is 5.91 Å².